The summed E-state index contributed by atoms with van der Waals surface area (Å²) in [6, 6.07) is -0.472. The molecule has 12 heavy (non-hydrogen) atoms. The average molecular weight is 191 g/mol. The molecule has 0 saturated carbocycles. The molecule has 0 aliphatic rings. The molecule has 0 heterocycles. The van der Waals surface area contributed by atoms with Crippen molar-refractivity contribution in [3.63, 3.8) is 0 Å². The van der Waals surface area contributed by atoms with Crippen molar-refractivity contribution in [1.82, 2.24) is 10.2 Å². The van der Waals surface area contributed by atoms with E-state index in [1.807, 2.05) is 0 Å². The lowest BCUT2D eigenvalue weighted by molar-refractivity contribution is -0.117. The molecule has 0 aromatic heterocycles. The average Bonchev–Trinajstić information content (AvgIpc) is 2.04. The van der Waals surface area contributed by atoms with Crippen LogP contribution in [0, 0.1) is 0 Å². The van der Waals surface area contributed by atoms with Gasteiger partial charge in [0.05, 0.1) is 0 Å². The van der Waals surface area contributed by atoms with Gasteiger partial charge in [-0.05, 0) is 0 Å². The first-order valence-corrected chi connectivity index (χ1v) is 3.87. The number of carbonyl (C=O) groups is 2. The van der Waals surface area contributed by atoms with E-state index >= 15 is 0 Å². The monoisotopic (exact) mass is 190 g/mol. The van der Waals surface area contributed by atoms with E-state index in [1.54, 1.807) is 13.1 Å². The van der Waals surface area contributed by atoms with E-state index in [4.69, 9.17) is 11.6 Å². The number of amides is 3. The predicted molar refractivity (Wildman–Crippen MR) is 47.1 cm³/mol. The Kier molecular flexibility index (Phi) is 5.12. The molecular formula is C7H11ClN2O2. The van der Waals surface area contributed by atoms with Gasteiger partial charge in [-0.15, -0.1) is 18.2 Å². The number of imide groups is 1. The summed E-state index contributed by atoms with van der Waals surface area (Å²) in [5.74, 6) is -0.717. The van der Waals surface area contributed by atoms with Gasteiger partial charge in [0.15, 0.2) is 0 Å². The third-order valence-electron chi connectivity index (χ3n) is 1.12. The zero-order chi connectivity index (χ0) is 9.56. The molecule has 0 unspecified atom stereocenters. The summed E-state index contributed by atoms with van der Waals surface area (Å²) in [6.07, 6.45) is 1.56. The van der Waals surface area contributed by atoms with Crippen LogP contribution in [0.25, 0.3) is 0 Å². The maximum atomic E-state index is 11.0. The number of hydrogen-bond acceptors (Lipinski definition) is 2. The van der Waals surface area contributed by atoms with E-state index in [0.717, 1.165) is 0 Å². The number of rotatable bonds is 3. The van der Waals surface area contributed by atoms with Crippen LogP contribution in [0.1, 0.15) is 0 Å². The van der Waals surface area contributed by atoms with Crippen LogP contribution in [0.15, 0.2) is 12.7 Å². The first kappa shape index (κ1) is 11.0. The first-order chi connectivity index (χ1) is 5.61. The van der Waals surface area contributed by atoms with Gasteiger partial charge in [0, 0.05) is 13.6 Å². The van der Waals surface area contributed by atoms with Crippen LogP contribution in [0.5, 0.6) is 0 Å². The van der Waals surface area contributed by atoms with E-state index in [-0.39, 0.29) is 5.88 Å². The second-order valence-electron chi connectivity index (χ2n) is 2.16. The fourth-order valence-corrected chi connectivity index (χ4v) is 0.591. The van der Waals surface area contributed by atoms with Crippen molar-refractivity contribution in [2.75, 3.05) is 19.5 Å². The summed E-state index contributed by atoms with van der Waals surface area (Å²) in [6.45, 7) is 3.84. The summed E-state index contributed by atoms with van der Waals surface area (Å²) in [4.78, 5) is 22.9. The number of nitrogens with one attached hydrogen (secondary N) is 1. The fraction of sp³-hybridized carbons (Fsp3) is 0.429. The Morgan fingerprint density at radius 1 is 1.67 bits per heavy atom. The van der Waals surface area contributed by atoms with E-state index in [2.05, 4.69) is 11.9 Å². The minimum absolute atomic E-state index is 0.215. The minimum atomic E-state index is -0.502. The largest absolute Gasteiger partial charge is 0.324 e. The van der Waals surface area contributed by atoms with Gasteiger partial charge < -0.3 is 4.90 Å². The van der Waals surface area contributed by atoms with Crippen LogP contribution in [-0.4, -0.2) is 36.3 Å². The Morgan fingerprint density at radius 2 is 2.25 bits per heavy atom. The van der Waals surface area contributed by atoms with Gasteiger partial charge in [0.1, 0.15) is 5.88 Å². The van der Waals surface area contributed by atoms with Crippen LogP contribution in [0.3, 0.4) is 0 Å². The third-order valence-corrected chi connectivity index (χ3v) is 1.36. The highest BCUT2D eigenvalue weighted by Crippen LogP contribution is 1.84. The topological polar surface area (TPSA) is 49.4 Å². The molecule has 0 aromatic carbocycles. The van der Waals surface area contributed by atoms with Gasteiger partial charge >= 0.3 is 6.03 Å². The van der Waals surface area contributed by atoms with Crippen LogP contribution in [0.2, 0.25) is 0 Å². The van der Waals surface area contributed by atoms with Crippen LogP contribution in [-0.2, 0) is 4.79 Å². The van der Waals surface area contributed by atoms with Gasteiger partial charge in [-0.3, -0.25) is 10.1 Å². The molecule has 3 amide bonds. The number of nitrogens with zero attached hydrogens (tertiary/aromatic N) is 1. The number of likely N-dealkylation sites (N-methyl/N-ethyl adjacent to an activating group) is 1. The lowest BCUT2D eigenvalue weighted by Gasteiger charge is -2.13. The standard InChI is InChI=1S/C7H11ClN2O2/c1-3-4-10(2)7(12)9-6(11)5-8/h3H,1,4-5H2,2H3,(H,9,11,12). The van der Waals surface area contributed by atoms with Gasteiger partial charge in [-0.2, -0.15) is 0 Å². The SMILES string of the molecule is C=CCN(C)C(=O)NC(=O)CCl. The second kappa shape index (κ2) is 5.60. The molecule has 5 heteroatoms. The summed E-state index contributed by atoms with van der Waals surface area (Å²) in [7, 11) is 1.55. The molecule has 0 radical (unpaired) electrons. The van der Waals surface area contributed by atoms with Crippen molar-refractivity contribution >= 4 is 23.5 Å². The molecule has 68 valence electrons. The molecule has 0 atom stereocenters. The van der Waals surface area contributed by atoms with Crippen molar-refractivity contribution in [2.24, 2.45) is 0 Å². The Morgan fingerprint density at radius 3 is 2.67 bits per heavy atom. The lowest BCUT2D eigenvalue weighted by atomic mass is 10.5. The Labute approximate surface area is 76.2 Å². The summed E-state index contributed by atoms with van der Waals surface area (Å²) >= 11 is 5.17. The quantitative estimate of drug-likeness (QED) is 0.523. The number of urea groups is 1. The van der Waals surface area contributed by atoms with Crippen molar-refractivity contribution in [2.45, 2.75) is 0 Å². The molecule has 1 N–H and O–H groups in total. The maximum absolute atomic E-state index is 11.0. The van der Waals surface area contributed by atoms with Gasteiger partial charge in [-0.25, -0.2) is 4.79 Å². The van der Waals surface area contributed by atoms with Gasteiger partial charge in [0.25, 0.3) is 0 Å². The zero-order valence-corrected chi connectivity index (χ0v) is 7.60. The molecule has 0 aliphatic heterocycles. The third kappa shape index (κ3) is 3.98. The fourth-order valence-electron chi connectivity index (χ4n) is 0.525. The summed E-state index contributed by atoms with van der Waals surface area (Å²) in [5.41, 5.74) is 0. The van der Waals surface area contributed by atoms with Crippen molar-refractivity contribution in [3.05, 3.63) is 12.7 Å². The highest BCUT2D eigenvalue weighted by molar-refractivity contribution is 6.28. The normalized spacial score (nSPS) is 8.83. The maximum Gasteiger partial charge on any atom is 0.324 e. The highest BCUT2D eigenvalue weighted by Gasteiger charge is 2.09. The van der Waals surface area contributed by atoms with Crippen molar-refractivity contribution in [1.29, 1.82) is 0 Å². The molecule has 4 nitrogen and oxygen atoms in total. The molecule has 0 bridgehead atoms. The number of alkyl halides is 1. The number of carbonyl (C=O) groups excluding carboxylic acids is 2. The molecule has 0 saturated heterocycles. The van der Waals surface area contributed by atoms with E-state index in [1.165, 1.54) is 4.90 Å². The minimum Gasteiger partial charge on any atom is -0.324 e. The van der Waals surface area contributed by atoms with Crippen LogP contribution < -0.4 is 5.32 Å². The molecule has 0 aromatic rings. The molecule has 0 aliphatic carbocycles. The van der Waals surface area contributed by atoms with Gasteiger partial charge in [-0.1, -0.05) is 6.08 Å². The van der Waals surface area contributed by atoms with Crippen molar-refractivity contribution in [3.8, 4) is 0 Å². The predicted octanol–water partition coefficient (Wildman–Crippen LogP) is 0.579. The molecule has 0 spiro atoms. The first-order valence-electron chi connectivity index (χ1n) is 3.33. The van der Waals surface area contributed by atoms with E-state index in [0.29, 0.717) is 6.54 Å². The van der Waals surface area contributed by atoms with Crippen molar-refractivity contribution < 1.29 is 9.59 Å². The second-order valence-corrected chi connectivity index (χ2v) is 2.42. The highest BCUT2D eigenvalue weighted by atomic mass is 35.5. The van der Waals surface area contributed by atoms with E-state index in [9.17, 15) is 9.59 Å². The Balaban J connectivity index is 3.86. The Hall–Kier alpha value is -1.03. The van der Waals surface area contributed by atoms with Crippen LogP contribution in [0.4, 0.5) is 4.79 Å². The smallest absolute Gasteiger partial charge is 0.324 e. The van der Waals surface area contributed by atoms with E-state index < -0.39 is 11.9 Å². The Bertz CT molecular complexity index is 194. The van der Waals surface area contributed by atoms with Crippen LogP contribution >= 0.6 is 11.6 Å². The zero-order valence-electron chi connectivity index (χ0n) is 6.84. The lowest BCUT2D eigenvalue weighted by Crippen LogP contribution is -2.41. The molecular weight excluding hydrogens is 180 g/mol. The molecule has 0 fully saturated rings. The van der Waals surface area contributed by atoms with Gasteiger partial charge in [0.2, 0.25) is 5.91 Å². The summed E-state index contributed by atoms with van der Waals surface area (Å²) < 4.78 is 0. The summed E-state index contributed by atoms with van der Waals surface area (Å²) in [5, 5.41) is 2.08. The molecule has 0 rings (SSSR count). The number of halogens is 1. The number of hydrogen-bond donors (Lipinski definition) is 1.